The van der Waals surface area contributed by atoms with Crippen LogP contribution in [-0.4, -0.2) is 78.1 Å². The molecule has 0 aliphatic rings. The Bertz CT molecular complexity index is 1050. The van der Waals surface area contributed by atoms with Crippen molar-refractivity contribution in [1.29, 1.82) is 5.41 Å². The number of nitro benzene ring substituents is 1. The normalized spacial score (nSPS) is 11.3. The molecule has 0 fully saturated rings. The van der Waals surface area contributed by atoms with Gasteiger partial charge in [0.05, 0.1) is 18.6 Å². The van der Waals surface area contributed by atoms with Crippen LogP contribution in [0.1, 0.15) is 46.0 Å². The van der Waals surface area contributed by atoms with E-state index in [1.807, 2.05) is 6.92 Å². The van der Waals surface area contributed by atoms with Gasteiger partial charge >= 0.3 is 6.09 Å². The summed E-state index contributed by atoms with van der Waals surface area (Å²) in [6.45, 7) is 2.84. The number of anilines is 1. The van der Waals surface area contributed by atoms with Crippen LogP contribution in [0.3, 0.4) is 0 Å². The molecule has 1 rings (SSSR count). The summed E-state index contributed by atoms with van der Waals surface area (Å²) in [6.07, 6.45) is 1.56. The number of rotatable bonds is 15. The minimum absolute atomic E-state index is 0.146. The number of nitro groups is 1. The molecule has 4 amide bonds. The Balaban J connectivity index is 0.00000373. The standard InChI is InChI=1S/C22H34N8O7.C2H4O2/c1-3-4-6-16(29-22(34)37-2)19(32)26-13-18(31)28-17(7-5-12-25-21(23)24)20(33)27-14-8-10-15(11-9-14)30(35)36;1-2(3)4/h8-11,16-17H,3-7,12-13H2,1-2H3,(H,26,32)(H,27,33)(H,28,31)(H,29,34)(H4,23,24,25);1H3,(H,3,4)/t16-,17+;/m1./s1. The fourth-order valence-corrected chi connectivity index (χ4v) is 3.11. The van der Waals surface area contributed by atoms with Gasteiger partial charge in [0, 0.05) is 31.3 Å². The molecule has 0 saturated heterocycles. The second kappa shape index (κ2) is 20.0. The Kier molecular flexibility index (Phi) is 17.6. The summed E-state index contributed by atoms with van der Waals surface area (Å²) >= 11 is 0. The van der Waals surface area contributed by atoms with Crippen LogP contribution in [-0.2, 0) is 23.9 Å². The van der Waals surface area contributed by atoms with Crippen molar-refractivity contribution in [2.45, 2.75) is 58.0 Å². The van der Waals surface area contributed by atoms with Crippen LogP contribution in [0.4, 0.5) is 16.2 Å². The van der Waals surface area contributed by atoms with Gasteiger partial charge in [0.25, 0.3) is 11.7 Å². The third-order valence-corrected chi connectivity index (χ3v) is 5.05. The Morgan fingerprint density at radius 1 is 1.02 bits per heavy atom. The molecular formula is C24H38N8O9. The highest BCUT2D eigenvalue weighted by Crippen LogP contribution is 2.16. The third-order valence-electron chi connectivity index (χ3n) is 5.05. The second-order valence-corrected chi connectivity index (χ2v) is 8.46. The maximum atomic E-state index is 12.8. The lowest BCUT2D eigenvalue weighted by molar-refractivity contribution is -0.384. The molecule has 0 aromatic heterocycles. The first-order valence-corrected chi connectivity index (χ1v) is 12.5. The first-order chi connectivity index (χ1) is 19.3. The molecule has 0 aliphatic heterocycles. The molecule has 17 heteroatoms. The molecule has 228 valence electrons. The Morgan fingerprint density at radius 2 is 1.59 bits per heavy atom. The first kappa shape index (κ1) is 36.0. The molecule has 9 N–H and O–H groups in total. The summed E-state index contributed by atoms with van der Waals surface area (Å²) in [4.78, 5) is 68.6. The molecule has 0 spiro atoms. The van der Waals surface area contributed by atoms with Crippen LogP contribution in [0.2, 0.25) is 0 Å². The molecule has 0 bridgehead atoms. The largest absolute Gasteiger partial charge is 0.481 e. The van der Waals surface area contributed by atoms with Crippen LogP contribution >= 0.6 is 0 Å². The number of unbranched alkanes of at least 4 members (excludes halogenated alkanes) is 1. The fraction of sp³-hybridized carbons (Fsp3) is 0.500. The Hall–Kier alpha value is -4.96. The average molecular weight is 583 g/mol. The van der Waals surface area contributed by atoms with Crippen molar-refractivity contribution in [1.82, 2.24) is 21.3 Å². The van der Waals surface area contributed by atoms with E-state index in [2.05, 4.69) is 31.3 Å². The van der Waals surface area contributed by atoms with Gasteiger partial charge in [-0.05, 0) is 31.4 Å². The number of alkyl carbamates (subject to hydrolysis) is 1. The number of amides is 4. The number of hydrogen-bond donors (Lipinski definition) is 8. The number of benzene rings is 1. The summed E-state index contributed by atoms with van der Waals surface area (Å²) in [6, 6.07) is 3.27. The number of ether oxygens (including phenoxy) is 1. The number of guanidine groups is 1. The van der Waals surface area contributed by atoms with Gasteiger partial charge in [-0.1, -0.05) is 19.8 Å². The molecule has 2 atom stereocenters. The van der Waals surface area contributed by atoms with Gasteiger partial charge in [-0.15, -0.1) is 0 Å². The topological polar surface area (TPSA) is 268 Å². The number of carbonyl (C=O) groups is 5. The summed E-state index contributed by atoms with van der Waals surface area (Å²) in [5, 5.41) is 38.0. The number of nitrogens with zero attached hydrogens (tertiary/aromatic N) is 1. The number of carbonyl (C=O) groups excluding carboxylic acids is 4. The number of methoxy groups -OCH3 is 1. The van der Waals surface area contributed by atoms with Crippen molar-refractivity contribution in [2.75, 3.05) is 25.5 Å². The predicted molar refractivity (Wildman–Crippen MR) is 148 cm³/mol. The molecule has 0 unspecified atom stereocenters. The van der Waals surface area contributed by atoms with Crippen LogP contribution < -0.4 is 32.3 Å². The van der Waals surface area contributed by atoms with E-state index in [0.717, 1.165) is 13.3 Å². The molecule has 0 aliphatic carbocycles. The van der Waals surface area contributed by atoms with Gasteiger partial charge in [-0.25, -0.2) is 4.79 Å². The lowest BCUT2D eigenvalue weighted by atomic mass is 10.1. The van der Waals surface area contributed by atoms with Crippen LogP contribution in [0.5, 0.6) is 0 Å². The van der Waals surface area contributed by atoms with E-state index in [4.69, 9.17) is 21.0 Å². The smallest absolute Gasteiger partial charge is 0.407 e. The zero-order valence-electron chi connectivity index (χ0n) is 23.2. The lowest BCUT2D eigenvalue weighted by Gasteiger charge is -2.20. The zero-order chi connectivity index (χ0) is 31.4. The van der Waals surface area contributed by atoms with Crippen molar-refractivity contribution in [3.05, 3.63) is 34.4 Å². The quantitative estimate of drug-likeness (QED) is 0.0461. The predicted octanol–water partition coefficient (Wildman–Crippen LogP) is 0.403. The van der Waals surface area contributed by atoms with Gasteiger partial charge in [0.2, 0.25) is 17.7 Å². The summed E-state index contributed by atoms with van der Waals surface area (Å²) in [7, 11) is 1.17. The SMILES string of the molecule is CC(=O)O.CCCC[C@@H](NC(=O)OC)C(=O)NCC(=O)N[C@@H](CCCNC(=N)N)C(=O)Nc1ccc([N+](=O)[O-])cc1. The summed E-state index contributed by atoms with van der Waals surface area (Å²) in [5.74, 6) is -2.88. The van der Waals surface area contributed by atoms with Gasteiger partial charge in [-0.2, -0.15) is 0 Å². The number of hydrogen-bond acceptors (Lipinski definition) is 9. The van der Waals surface area contributed by atoms with Crippen molar-refractivity contribution in [3.63, 3.8) is 0 Å². The van der Waals surface area contributed by atoms with E-state index in [9.17, 15) is 29.3 Å². The molecule has 1 aromatic carbocycles. The second-order valence-electron chi connectivity index (χ2n) is 8.46. The third kappa shape index (κ3) is 17.3. The maximum absolute atomic E-state index is 12.8. The van der Waals surface area contributed by atoms with E-state index in [-0.39, 0.29) is 30.3 Å². The molecule has 0 saturated carbocycles. The van der Waals surface area contributed by atoms with Crippen LogP contribution in [0, 0.1) is 15.5 Å². The molecular weight excluding hydrogens is 544 g/mol. The lowest BCUT2D eigenvalue weighted by Crippen LogP contribution is -2.51. The highest BCUT2D eigenvalue weighted by atomic mass is 16.6. The van der Waals surface area contributed by atoms with E-state index in [1.54, 1.807) is 0 Å². The number of carboxylic acid groups (broad SMARTS) is 1. The van der Waals surface area contributed by atoms with Crippen molar-refractivity contribution >= 4 is 47.1 Å². The van der Waals surface area contributed by atoms with Crippen LogP contribution in [0.25, 0.3) is 0 Å². The molecule has 0 radical (unpaired) electrons. The van der Waals surface area contributed by atoms with Gasteiger partial charge < -0.3 is 42.2 Å². The fourth-order valence-electron chi connectivity index (χ4n) is 3.11. The number of non-ortho nitro benzene ring substituents is 1. The minimum atomic E-state index is -1.02. The van der Waals surface area contributed by atoms with Crippen molar-refractivity contribution < 1.29 is 38.7 Å². The Morgan fingerprint density at radius 3 is 2.10 bits per heavy atom. The minimum Gasteiger partial charge on any atom is -0.481 e. The van der Waals surface area contributed by atoms with Crippen molar-refractivity contribution in [3.8, 4) is 0 Å². The van der Waals surface area contributed by atoms with E-state index in [0.29, 0.717) is 19.3 Å². The highest BCUT2D eigenvalue weighted by molar-refractivity contribution is 5.98. The van der Waals surface area contributed by atoms with E-state index < -0.39 is 53.3 Å². The number of nitrogens with two attached hydrogens (primary N) is 1. The Labute approximate surface area is 236 Å². The highest BCUT2D eigenvalue weighted by Gasteiger charge is 2.24. The van der Waals surface area contributed by atoms with Gasteiger partial charge in [-0.3, -0.25) is 34.7 Å². The number of aliphatic carboxylic acids is 1. The van der Waals surface area contributed by atoms with E-state index >= 15 is 0 Å². The number of nitrogens with one attached hydrogen (secondary N) is 6. The maximum Gasteiger partial charge on any atom is 0.407 e. The summed E-state index contributed by atoms with van der Waals surface area (Å²) in [5.41, 5.74) is 5.39. The molecule has 0 heterocycles. The molecule has 41 heavy (non-hydrogen) atoms. The van der Waals surface area contributed by atoms with Gasteiger partial charge in [0.1, 0.15) is 12.1 Å². The molecule has 17 nitrogen and oxygen atoms in total. The zero-order valence-corrected chi connectivity index (χ0v) is 23.2. The molecule has 1 aromatic rings. The summed E-state index contributed by atoms with van der Waals surface area (Å²) < 4.78 is 4.53. The van der Waals surface area contributed by atoms with Crippen LogP contribution in [0.15, 0.2) is 24.3 Å². The van der Waals surface area contributed by atoms with Gasteiger partial charge in [0.15, 0.2) is 5.96 Å². The van der Waals surface area contributed by atoms with E-state index in [1.165, 1.54) is 31.4 Å². The number of carboxylic acids is 1. The van der Waals surface area contributed by atoms with Crippen molar-refractivity contribution in [2.24, 2.45) is 5.73 Å². The average Bonchev–Trinajstić information content (AvgIpc) is 2.90. The monoisotopic (exact) mass is 582 g/mol. The first-order valence-electron chi connectivity index (χ1n) is 12.5.